The molecule has 0 N–H and O–H groups in total. The molecule has 1 unspecified atom stereocenters. The molecule has 0 amide bonds. The minimum Gasteiger partial charge on any atom is -0.464 e. The second kappa shape index (κ2) is 9.32. The molecular formula is C15H29NO3. The van der Waals surface area contributed by atoms with Crippen LogP contribution in [0.2, 0.25) is 0 Å². The van der Waals surface area contributed by atoms with Crippen molar-refractivity contribution in [3.8, 4) is 0 Å². The normalized spacial score (nSPS) is 21.4. The fourth-order valence-electron chi connectivity index (χ4n) is 2.62. The summed E-state index contributed by atoms with van der Waals surface area (Å²) >= 11 is 0. The molecule has 19 heavy (non-hydrogen) atoms. The van der Waals surface area contributed by atoms with E-state index < -0.39 is 0 Å². The van der Waals surface area contributed by atoms with Crippen LogP contribution < -0.4 is 0 Å². The van der Waals surface area contributed by atoms with E-state index in [0.29, 0.717) is 13.2 Å². The molecule has 1 fully saturated rings. The molecule has 0 aliphatic carbocycles. The summed E-state index contributed by atoms with van der Waals surface area (Å²) in [5.41, 5.74) is 0. The third kappa shape index (κ3) is 6.92. The molecule has 0 radical (unpaired) electrons. The van der Waals surface area contributed by atoms with Gasteiger partial charge in [-0.3, -0.25) is 0 Å². The van der Waals surface area contributed by atoms with Gasteiger partial charge >= 0.3 is 5.97 Å². The highest BCUT2D eigenvalue weighted by molar-refractivity contribution is 5.70. The monoisotopic (exact) mass is 271 g/mol. The van der Waals surface area contributed by atoms with Crippen molar-refractivity contribution in [2.24, 2.45) is 11.8 Å². The van der Waals surface area contributed by atoms with Gasteiger partial charge in [-0.05, 0) is 51.1 Å². The van der Waals surface area contributed by atoms with Gasteiger partial charge in [0, 0.05) is 6.54 Å². The zero-order valence-corrected chi connectivity index (χ0v) is 12.7. The third-order valence-corrected chi connectivity index (χ3v) is 3.89. The highest BCUT2D eigenvalue weighted by atomic mass is 16.6. The number of rotatable bonds is 7. The van der Waals surface area contributed by atoms with Crippen molar-refractivity contribution in [3.63, 3.8) is 0 Å². The lowest BCUT2D eigenvalue weighted by Crippen LogP contribution is -2.29. The second-order valence-corrected chi connectivity index (χ2v) is 5.63. The zero-order valence-electron chi connectivity index (χ0n) is 12.7. The van der Waals surface area contributed by atoms with Crippen LogP contribution in [0.5, 0.6) is 0 Å². The van der Waals surface area contributed by atoms with Crippen molar-refractivity contribution >= 4 is 5.97 Å². The molecule has 0 aromatic heterocycles. The largest absolute Gasteiger partial charge is 0.464 e. The number of ether oxygens (including phenoxy) is 2. The summed E-state index contributed by atoms with van der Waals surface area (Å²) in [6, 6.07) is 0. The first kappa shape index (κ1) is 16.4. The van der Waals surface area contributed by atoms with E-state index in [1.807, 2.05) is 0 Å². The fraction of sp³-hybridized carbons (Fsp3) is 0.933. The van der Waals surface area contributed by atoms with Gasteiger partial charge in [-0.25, -0.2) is 4.79 Å². The van der Waals surface area contributed by atoms with E-state index in [9.17, 15) is 4.79 Å². The summed E-state index contributed by atoms with van der Waals surface area (Å²) in [6.45, 7) is 10.8. The summed E-state index contributed by atoms with van der Waals surface area (Å²) in [5.74, 6) is 1.39. The van der Waals surface area contributed by atoms with Gasteiger partial charge in [-0.1, -0.05) is 13.8 Å². The molecule has 0 spiro atoms. The average Bonchev–Trinajstić information content (AvgIpc) is 2.60. The molecule has 4 nitrogen and oxygen atoms in total. The second-order valence-electron chi connectivity index (χ2n) is 5.63. The lowest BCUT2D eigenvalue weighted by atomic mass is 9.89. The van der Waals surface area contributed by atoms with Crippen LogP contribution in [0.1, 0.15) is 40.0 Å². The topological polar surface area (TPSA) is 38.8 Å². The maximum absolute atomic E-state index is 11.1. The molecule has 0 bridgehead atoms. The highest BCUT2D eigenvalue weighted by Gasteiger charge is 2.19. The van der Waals surface area contributed by atoms with Crippen LogP contribution in [-0.2, 0) is 14.3 Å². The van der Waals surface area contributed by atoms with Crippen molar-refractivity contribution in [2.75, 3.05) is 39.5 Å². The Morgan fingerprint density at radius 3 is 2.79 bits per heavy atom. The quantitative estimate of drug-likeness (QED) is 0.526. The number of hydrogen-bond acceptors (Lipinski definition) is 4. The SMILES string of the molecule is CCOC(=O)COCCN1CCCC(C(C)C)CC1. The van der Waals surface area contributed by atoms with Crippen LogP contribution in [-0.4, -0.2) is 50.3 Å². The maximum Gasteiger partial charge on any atom is 0.332 e. The molecule has 4 heteroatoms. The van der Waals surface area contributed by atoms with E-state index in [4.69, 9.17) is 9.47 Å². The Bertz CT molecular complexity index is 256. The van der Waals surface area contributed by atoms with Gasteiger partial charge in [0.25, 0.3) is 0 Å². The fourth-order valence-corrected chi connectivity index (χ4v) is 2.62. The van der Waals surface area contributed by atoms with Crippen LogP contribution >= 0.6 is 0 Å². The predicted octanol–water partition coefficient (Wildman–Crippen LogP) is 2.32. The van der Waals surface area contributed by atoms with Crippen molar-refractivity contribution in [3.05, 3.63) is 0 Å². The summed E-state index contributed by atoms with van der Waals surface area (Å²) in [7, 11) is 0. The predicted molar refractivity (Wildman–Crippen MR) is 76.1 cm³/mol. The van der Waals surface area contributed by atoms with Crippen molar-refractivity contribution in [2.45, 2.75) is 40.0 Å². The Balaban J connectivity index is 2.11. The Morgan fingerprint density at radius 2 is 2.11 bits per heavy atom. The van der Waals surface area contributed by atoms with Crippen LogP contribution in [0.3, 0.4) is 0 Å². The Kier molecular flexibility index (Phi) is 8.07. The van der Waals surface area contributed by atoms with E-state index in [1.54, 1.807) is 6.92 Å². The van der Waals surface area contributed by atoms with Crippen molar-refractivity contribution in [1.82, 2.24) is 4.90 Å². The highest BCUT2D eigenvalue weighted by Crippen LogP contribution is 2.24. The van der Waals surface area contributed by atoms with Crippen LogP contribution in [0.15, 0.2) is 0 Å². The van der Waals surface area contributed by atoms with Crippen molar-refractivity contribution in [1.29, 1.82) is 0 Å². The van der Waals surface area contributed by atoms with E-state index in [-0.39, 0.29) is 12.6 Å². The van der Waals surface area contributed by atoms with Crippen LogP contribution in [0.25, 0.3) is 0 Å². The van der Waals surface area contributed by atoms with Gasteiger partial charge in [0.1, 0.15) is 6.61 Å². The lowest BCUT2D eigenvalue weighted by molar-refractivity contribution is -0.148. The van der Waals surface area contributed by atoms with E-state index >= 15 is 0 Å². The van der Waals surface area contributed by atoms with Gasteiger partial charge in [0.05, 0.1) is 13.2 Å². The number of esters is 1. The maximum atomic E-state index is 11.1. The van der Waals surface area contributed by atoms with Gasteiger partial charge in [0.2, 0.25) is 0 Å². The number of nitrogens with zero attached hydrogens (tertiary/aromatic N) is 1. The molecule has 0 aromatic carbocycles. The number of carbonyl (C=O) groups is 1. The lowest BCUT2D eigenvalue weighted by Gasteiger charge is -2.21. The number of hydrogen-bond donors (Lipinski definition) is 0. The molecule has 1 heterocycles. The van der Waals surface area contributed by atoms with Gasteiger partial charge in [0.15, 0.2) is 0 Å². The minimum absolute atomic E-state index is 0.0797. The van der Waals surface area contributed by atoms with Crippen LogP contribution in [0, 0.1) is 11.8 Å². The van der Waals surface area contributed by atoms with Gasteiger partial charge in [-0.2, -0.15) is 0 Å². The van der Waals surface area contributed by atoms with Crippen LogP contribution in [0.4, 0.5) is 0 Å². The summed E-state index contributed by atoms with van der Waals surface area (Å²) < 4.78 is 10.2. The first-order chi connectivity index (χ1) is 9.13. The average molecular weight is 271 g/mol. The standard InChI is InChI=1S/C15H29NO3/c1-4-19-15(17)12-18-11-10-16-8-5-6-14(7-9-16)13(2)3/h13-14H,4-12H2,1-3H3. The first-order valence-electron chi connectivity index (χ1n) is 7.59. The van der Waals surface area contributed by atoms with E-state index in [0.717, 1.165) is 31.5 Å². The molecule has 1 atom stereocenters. The first-order valence-corrected chi connectivity index (χ1v) is 7.59. The number of carbonyl (C=O) groups excluding carboxylic acids is 1. The van der Waals surface area contributed by atoms with Gasteiger partial charge < -0.3 is 14.4 Å². The molecule has 1 saturated heterocycles. The van der Waals surface area contributed by atoms with E-state index in [2.05, 4.69) is 18.7 Å². The zero-order chi connectivity index (χ0) is 14.1. The Morgan fingerprint density at radius 1 is 1.32 bits per heavy atom. The summed E-state index contributed by atoms with van der Waals surface area (Å²) in [5, 5.41) is 0. The Hall–Kier alpha value is -0.610. The third-order valence-electron chi connectivity index (χ3n) is 3.89. The number of likely N-dealkylation sites (tertiary alicyclic amines) is 1. The minimum atomic E-state index is -0.266. The van der Waals surface area contributed by atoms with E-state index in [1.165, 1.54) is 19.3 Å². The molecule has 1 aliphatic rings. The van der Waals surface area contributed by atoms with Crippen molar-refractivity contribution < 1.29 is 14.3 Å². The molecule has 0 aromatic rings. The molecule has 0 saturated carbocycles. The molecular weight excluding hydrogens is 242 g/mol. The summed E-state index contributed by atoms with van der Waals surface area (Å²) in [6.07, 6.45) is 3.91. The smallest absolute Gasteiger partial charge is 0.332 e. The molecule has 1 rings (SSSR count). The summed E-state index contributed by atoms with van der Waals surface area (Å²) in [4.78, 5) is 13.6. The molecule has 112 valence electrons. The Labute approximate surface area is 117 Å². The van der Waals surface area contributed by atoms with Gasteiger partial charge in [-0.15, -0.1) is 0 Å². The molecule has 1 aliphatic heterocycles.